The highest BCUT2D eigenvalue weighted by molar-refractivity contribution is 7.09. The van der Waals surface area contributed by atoms with Crippen LogP contribution in [-0.4, -0.2) is 28.5 Å². The van der Waals surface area contributed by atoms with E-state index in [1.54, 1.807) is 11.3 Å². The number of nitrogens with two attached hydrogens (primary N) is 1. The van der Waals surface area contributed by atoms with Crippen LogP contribution >= 0.6 is 36.2 Å². The molecule has 0 bridgehead atoms. The maximum atomic E-state index is 6.10. The van der Waals surface area contributed by atoms with Crippen molar-refractivity contribution in [1.29, 1.82) is 0 Å². The molecule has 0 aromatic carbocycles. The number of aryl methyl sites for hydroxylation is 1. The van der Waals surface area contributed by atoms with Gasteiger partial charge in [-0.3, -0.25) is 4.90 Å². The number of halogens is 2. The molecule has 1 saturated heterocycles. The number of thiazole rings is 1. The van der Waals surface area contributed by atoms with Gasteiger partial charge in [-0.25, -0.2) is 4.98 Å². The molecule has 2 heterocycles. The predicted molar refractivity (Wildman–Crippen MR) is 92.3 cm³/mol. The fourth-order valence-corrected chi connectivity index (χ4v) is 3.66. The zero-order valence-electron chi connectivity index (χ0n) is 12.4. The van der Waals surface area contributed by atoms with Gasteiger partial charge in [-0.05, 0) is 39.2 Å². The number of likely N-dealkylation sites (tertiary alicyclic amines) is 1. The molecule has 1 aliphatic rings. The molecule has 3 nitrogen and oxygen atoms in total. The lowest BCUT2D eigenvalue weighted by atomic mass is 9.97. The van der Waals surface area contributed by atoms with Gasteiger partial charge in [-0.15, -0.1) is 36.2 Å². The molecule has 0 aliphatic carbocycles. The molecule has 20 heavy (non-hydrogen) atoms. The monoisotopic (exact) mass is 339 g/mol. The van der Waals surface area contributed by atoms with E-state index in [4.69, 9.17) is 10.7 Å². The van der Waals surface area contributed by atoms with E-state index in [1.807, 2.05) is 0 Å². The lowest BCUT2D eigenvalue weighted by Gasteiger charge is -2.37. The number of rotatable bonds is 5. The van der Waals surface area contributed by atoms with Crippen LogP contribution in [0.3, 0.4) is 0 Å². The van der Waals surface area contributed by atoms with Crippen molar-refractivity contribution in [3.8, 4) is 0 Å². The van der Waals surface area contributed by atoms with Gasteiger partial charge in [0.25, 0.3) is 0 Å². The molecule has 1 aromatic rings. The highest BCUT2D eigenvalue weighted by Crippen LogP contribution is 2.22. The van der Waals surface area contributed by atoms with Crippen LogP contribution in [0.1, 0.15) is 50.2 Å². The van der Waals surface area contributed by atoms with Crippen molar-refractivity contribution in [1.82, 2.24) is 9.88 Å². The van der Waals surface area contributed by atoms with E-state index in [0.29, 0.717) is 6.04 Å². The Balaban J connectivity index is 0.00000180. The van der Waals surface area contributed by atoms with Crippen LogP contribution in [0.4, 0.5) is 0 Å². The molecule has 0 radical (unpaired) electrons. The highest BCUT2D eigenvalue weighted by atomic mass is 35.5. The van der Waals surface area contributed by atoms with Crippen molar-refractivity contribution >= 4 is 36.2 Å². The first-order chi connectivity index (χ1) is 8.70. The van der Waals surface area contributed by atoms with E-state index >= 15 is 0 Å². The summed E-state index contributed by atoms with van der Waals surface area (Å²) in [7, 11) is 0. The second-order valence-corrected chi connectivity index (χ2v) is 6.32. The molecular weight excluding hydrogens is 313 g/mol. The number of hydrogen-bond donors (Lipinski definition) is 1. The van der Waals surface area contributed by atoms with Gasteiger partial charge in [-0.2, -0.15) is 0 Å². The summed E-state index contributed by atoms with van der Waals surface area (Å²) in [6, 6.07) is 0.800. The third kappa shape index (κ3) is 5.49. The zero-order valence-corrected chi connectivity index (χ0v) is 14.8. The number of hydrogen-bond acceptors (Lipinski definition) is 4. The van der Waals surface area contributed by atoms with Crippen LogP contribution in [0.5, 0.6) is 0 Å². The zero-order chi connectivity index (χ0) is 13.0. The van der Waals surface area contributed by atoms with Gasteiger partial charge in [0.05, 0.1) is 10.7 Å². The minimum atomic E-state index is 0. The largest absolute Gasteiger partial charge is 0.327 e. The Morgan fingerprint density at radius 2 is 2.20 bits per heavy atom. The van der Waals surface area contributed by atoms with E-state index in [-0.39, 0.29) is 30.9 Å². The minimum Gasteiger partial charge on any atom is -0.327 e. The smallest absolute Gasteiger partial charge is 0.0928 e. The summed E-state index contributed by atoms with van der Waals surface area (Å²) in [5.74, 6) is 0. The molecule has 2 unspecified atom stereocenters. The summed E-state index contributed by atoms with van der Waals surface area (Å²) in [6.45, 7) is 6.49. The average Bonchev–Trinajstić information content (AvgIpc) is 2.77. The molecule has 0 saturated carbocycles. The van der Waals surface area contributed by atoms with Gasteiger partial charge in [0.2, 0.25) is 0 Å². The topological polar surface area (TPSA) is 42.2 Å². The van der Waals surface area contributed by atoms with Crippen LogP contribution in [0.2, 0.25) is 0 Å². The fourth-order valence-electron chi connectivity index (χ4n) is 2.77. The molecule has 1 aromatic heterocycles. The summed E-state index contributed by atoms with van der Waals surface area (Å²) < 4.78 is 0. The van der Waals surface area contributed by atoms with Crippen molar-refractivity contribution in [3.63, 3.8) is 0 Å². The molecule has 2 rings (SSSR count). The number of piperidine rings is 1. The predicted octanol–water partition coefficient (Wildman–Crippen LogP) is 3.64. The fraction of sp³-hybridized carbons (Fsp3) is 0.786. The molecular formula is C14H27Cl2N3S. The molecule has 0 spiro atoms. The van der Waals surface area contributed by atoms with Crippen molar-refractivity contribution in [3.05, 3.63) is 16.1 Å². The van der Waals surface area contributed by atoms with Crippen molar-refractivity contribution < 1.29 is 0 Å². The Morgan fingerprint density at radius 3 is 2.85 bits per heavy atom. The van der Waals surface area contributed by atoms with Crippen LogP contribution in [0, 0.1) is 0 Å². The summed E-state index contributed by atoms with van der Waals surface area (Å²) >= 11 is 1.80. The van der Waals surface area contributed by atoms with E-state index in [0.717, 1.165) is 13.0 Å². The van der Waals surface area contributed by atoms with E-state index in [9.17, 15) is 0 Å². The van der Waals surface area contributed by atoms with E-state index in [2.05, 4.69) is 24.1 Å². The number of aromatic nitrogens is 1. The Morgan fingerprint density at radius 1 is 1.45 bits per heavy atom. The molecule has 6 heteroatoms. The third-order valence-electron chi connectivity index (χ3n) is 3.70. The van der Waals surface area contributed by atoms with Crippen LogP contribution in [0.25, 0.3) is 0 Å². The lowest BCUT2D eigenvalue weighted by Crippen LogP contribution is -2.48. The Hall–Kier alpha value is 0.130. The number of nitrogens with zero attached hydrogens (tertiary/aromatic N) is 2. The molecule has 2 N–H and O–H groups in total. The Kier molecular flexibility index (Phi) is 10.0. The summed E-state index contributed by atoms with van der Waals surface area (Å²) in [6.07, 6.45) is 6.15. The minimum absolute atomic E-state index is 0. The molecule has 118 valence electrons. The molecule has 0 amide bonds. The molecule has 1 aliphatic heterocycles. The average molecular weight is 340 g/mol. The maximum absolute atomic E-state index is 6.10. The molecule has 2 atom stereocenters. The van der Waals surface area contributed by atoms with Gasteiger partial charge < -0.3 is 5.73 Å². The first-order valence-electron chi connectivity index (χ1n) is 7.13. The van der Waals surface area contributed by atoms with Crippen molar-refractivity contribution in [2.75, 3.05) is 6.54 Å². The van der Waals surface area contributed by atoms with Gasteiger partial charge in [0, 0.05) is 24.0 Å². The highest BCUT2D eigenvalue weighted by Gasteiger charge is 2.25. The van der Waals surface area contributed by atoms with Gasteiger partial charge >= 0.3 is 0 Å². The van der Waals surface area contributed by atoms with Crippen molar-refractivity contribution in [2.24, 2.45) is 5.73 Å². The van der Waals surface area contributed by atoms with E-state index < -0.39 is 0 Å². The summed E-state index contributed by atoms with van der Waals surface area (Å²) in [5.41, 5.74) is 7.34. The van der Waals surface area contributed by atoms with Crippen LogP contribution in [-0.2, 0) is 13.0 Å². The van der Waals surface area contributed by atoms with E-state index in [1.165, 1.54) is 42.9 Å². The lowest BCUT2D eigenvalue weighted by molar-refractivity contribution is 0.121. The molecule has 1 fully saturated rings. The quantitative estimate of drug-likeness (QED) is 0.890. The first kappa shape index (κ1) is 20.1. The summed E-state index contributed by atoms with van der Waals surface area (Å²) in [4.78, 5) is 7.25. The second-order valence-electron chi connectivity index (χ2n) is 5.38. The van der Waals surface area contributed by atoms with Crippen molar-refractivity contribution in [2.45, 2.75) is 64.6 Å². The maximum Gasteiger partial charge on any atom is 0.0928 e. The standard InChI is InChI=1S/C14H25N3S.2ClH/c1-3-6-14-16-12(10-18-14)9-17-8-5-4-7-13(17)11(2)15;;/h10-11,13H,3-9,15H2,1-2H3;2*1H. The first-order valence-corrected chi connectivity index (χ1v) is 8.01. The second kappa shape index (κ2) is 9.96. The Bertz CT molecular complexity index is 371. The Labute approximate surface area is 139 Å². The van der Waals surface area contributed by atoms with Crippen LogP contribution in [0.15, 0.2) is 5.38 Å². The van der Waals surface area contributed by atoms with Gasteiger partial charge in [0.1, 0.15) is 0 Å². The van der Waals surface area contributed by atoms with Crippen LogP contribution < -0.4 is 5.73 Å². The summed E-state index contributed by atoms with van der Waals surface area (Å²) in [5, 5.41) is 3.50. The van der Waals surface area contributed by atoms with Gasteiger partial charge in [0.15, 0.2) is 0 Å². The van der Waals surface area contributed by atoms with Gasteiger partial charge in [-0.1, -0.05) is 13.3 Å². The third-order valence-corrected chi connectivity index (χ3v) is 4.66. The SMILES string of the molecule is CCCc1nc(CN2CCCCC2C(C)N)cs1.Cl.Cl. The normalized spacial score (nSPS) is 20.9.